The molecule has 1 aliphatic carbocycles. The topological polar surface area (TPSA) is 49.6 Å². The summed E-state index contributed by atoms with van der Waals surface area (Å²) >= 11 is 0. The highest BCUT2D eigenvalue weighted by molar-refractivity contribution is 5.76. The number of carbonyl (C=O) groups is 1. The minimum absolute atomic E-state index is 0.288. The summed E-state index contributed by atoms with van der Waals surface area (Å²) in [5.74, 6) is 0.964. The van der Waals surface area contributed by atoms with E-state index in [9.17, 15) is 4.79 Å². The van der Waals surface area contributed by atoms with Crippen molar-refractivity contribution in [3.05, 3.63) is 0 Å². The molecule has 0 spiro atoms. The number of carbonyl (C=O) groups excluding carboxylic acids is 1. The first-order valence-corrected chi connectivity index (χ1v) is 8.13. The zero-order valence-electron chi connectivity index (χ0n) is 13.8. The average Bonchev–Trinajstić information content (AvgIpc) is 2.36. The molecule has 4 nitrogen and oxygen atoms in total. The van der Waals surface area contributed by atoms with Crippen molar-refractivity contribution in [2.24, 2.45) is 11.7 Å². The summed E-state index contributed by atoms with van der Waals surface area (Å²) in [7, 11) is 4.11. The molecule has 0 aliphatic heterocycles. The van der Waals surface area contributed by atoms with Crippen molar-refractivity contribution in [1.82, 2.24) is 9.80 Å². The van der Waals surface area contributed by atoms with Crippen LogP contribution in [0.5, 0.6) is 0 Å². The largest absolute Gasteiger partial charge is 0.339 e. The highest BCUT2D eigenvalue weighted by Crippen LogP contribution is 2.27. The number of amides is 1. The molecule has 3 unspecified atom stereocenters. The van der Waals surface area contributed by atoms with Gasteiger partial charge < -0.3 is 15.5 Å². The third kappa shape index (κ3) is 5.80. The van der Waals surface area contributed by atoms with Crippen molar-refractivity contribution in [2.75, 3.05) is 27.2 Å². The molecule has 0 aromatic heterocycles. The minimum atomic E-state index is 0.288. The Morgan fingerprint density at radius 3 is 2.60 bits per heavy atom. The van der Waals surface area contributed by atoms with Crippen LogP contribution in [0.3, 0.4) is 0 Å². The van der Waals surface area contributed by atoms with Crippen LogP contribution in [0.15, 0.2) is 0 Å². The van der Waals surface area contributed by atoms with Crippen LogP contribution in [0, 0.1) is 5.92 Å². The molecule has 1 saturated carbocycles. The van der Waals surface area contributed by atoms with Crippen LogP contribution >= 0.6 is 0 Å². The van der Waals surface area contributed by atoms with Crippen molar-refractivity contribution >= 4 is 5.91 Å². The van der Waals surface area contributed by atoms with Gasteiger partial charge in [-0.15, -0.1) is 0 Å². The SMILES string of the molecule is CCN(C(=O)CCC1CCCC(N)C1)C(C)CN(C)C. The fourth-order valence-electron chi connectivity index (χ4n) is 3.43. The summed E-state index contributed by atoms with van der Waals surface area (Å²) in [6.45, 7) is 5.93. The van der Waals surface area contributed by atoms with Gasteiger partial charge in [0.05, 0.1) is 0 Å². The molecule has 4 heteroatoms. The second-order valence-corrected chi connectivity index (χ2v) is 6.62. The van der Waals surface area contributed by atoms with Crippen LogP contribution < -0.4 is 5.73 Å². The maximum absolute atomic E-state index is 12.4. The number of hydrogen-bond donors (Lipinski definition) is 1. The van der Waals surface area contributed by atoms with Gasteiger partial charge in [0, 0.05) is 31.6 Å². The highest BCUT2D eigenvalue weighted by atomic mass is 16.2. The molecular formula is C16H33N3O. The second kappa shape index (κ2) is 8.63. The first-order chi connectivity index (χ1) is 9.43. The second-order valence-electron chi connectivity index (χ2n) is 6.62. The van der Waals surface area contributed by atoms with Gasteiger partial charge in [0.2, 0.25) is 5.91 Å². The van der Waals surface area contributed by atoms with Gasteiger partial charge in [-0.3, -0.25) is 4.79 Å². The molecule has 1 rings (SSSR count). The molecule has 118 valence electrons. The molecule has 0 aromatic rings. The Morgan fingerprint density at radius 1 is 1.35 bits per heavy atom. The Balaban J connectivity index is 2.38. The quantitative estimate of drug-likeness (QED) is 0.778. The lowest BCUT2D eigenvalue weighted by atomic mass is 9.83. The average molecular weight is 283 g/mol. The summed E-state index contributed by atoms with van der Waals surface area (Å²) in [5.41, 5.74) is 6.02. The molecule has 1 amide bonds. The minimum Gasteiger partial charge on any atom is -0.339 e. The van der Waals surface area contributed by atoms with Gasteiger partial charge in [-0.2, -0.15) is 0 Å². The maximum atomic E-state index is 12.4. The molecule has 20 heavy (non-hydrogen) atoms. The van der Waals surface area contributed by atoms with E-state index in [1.165, 1.54) is 12.8 Å². The fraction of sp³-hybridized carbons (Fsp3) is 0.938. The predicted octanol–water partition coefficient (Wildman–Crippen LogP) is 2.08. The van der Waals surface area contributed by atoms with E-state index in [1.807, 2.05) is 4.90 Å². The summed E-state index contributed by atoms with van der Waals surface area (Å²) in [4.78, 5) is 16.6. The molecular weight excluding hydrogens is 250 g/mol. The highest BCUT2D eigenvalue weighted by Gasteiger charge is 2.23. The first kappa shape index (κ1) is 17.4. The maximum Gasteiger partial charge on any atom is 0.222 e. The number of hydrogen-bond acceptors (Lipinski definition) is 3. The number of nitrogens with two attached hydrogens (primary N) is 1. The van der Waals surface area contributed by atoms with E-state index < -0.39 is 0 Å². The van der Waals surface area contributed by atoms with Gasteiger partial charge in [0.25, 0.3) is 0 Å². The zero-order chi connectivity index (χ0) is 15.1. The summed E-state index contributed by atoms with van der Waals surface area (Å²) in [5, 5.41) is 0. The van der Waals surface area contributed by atoms with Gasteiger partial charge in [0.1, 0.15) is 0 Å². The molecule has 0 heterocycles. The standard InChI is InChI=1S/C16H33N3O/c1-5-19(13(2)12-18(3)4)16(20)10-9-14-7-6-8-15(17)11-14/h13-15H,5-12,17H2,1-4H3. The van der Waals surface area contributed by atoms with Crippen LogP contribution in [0.25, 0.3) is 0 Å². The molecule has 0 saturated heterocycles. The summed E-state index contributed by atoms with van der Waals surface area (Å²) < 4.78 is 0. The fourth-order valence-corrected chi connectivity index (χ4v) is 3.43. The van der Waals surface area contributed by atoms with Gasteiger partial charge in [-0.25, -0.2) is 0 Å². The summed E-state index contributed by atoms with van der Waals surface area (Å²) in [6.07, 6.45) is 6.44. The van der Waals surface area contributed by atoms with E-state index in [2.05, 4.69) is 32.8 Å². The Bertz CT molecular complexity index is 293. The molecule has 0 radical (unpaired) electrons. The third-order valence-electron chi connectivity index (χ3n) is 4.41. The van der Waals surface area contributed by atoms with Gasteiger partial charge in [0.15, 0.2) is 0 Å². The van der Waals surface area contributed by atoms with E-state index in [0.29, 0.717) is 24.3 Å². The van der Waals surface area contributed by atoms with Crippen molar-refractivity contribution in [3.8, 4) is 0 Å². The van der Waals surface area contributed by atoms with Crippen molar-refractivity contribution in [2.45, 2.75) is 64.5 Å². The molecule has 1 fully saturated rings. The zero-order valence-corrected chi connectivity index (χ0v) is 13.8. The smallest absolute Gasteiger partial charge is 0.222 e. The van der Waals surface area contributed by atoms with Gasteiger partial charge in [-0.05, 0) is 53.1 Å². The van der Waals surface area contributed by atoms with E-state index in [1.54, 1.807) is 0 Å². The van der Waals surface area contributed by atoms with Crippen LogP contribution in [0.2, 0.25) is 0 Å². The third-order valence-corrected chi connectivity index (χ3v) is 4.41. The van der Waals surface area contributed by atoms with Crippen LogP contribution in [-0.2, 0) is 4.79 Å². The molecule has 0 bridgehead atoms. The first-order valence-electron chi connectivity index (χ1n) is 8.13. The van der Waals surface area contributed by atoms with Crippen molar-refractivity contribution in [1.29, 1.82) is 0 Å². The number of likely N-dealkylation sites (N-methyl/N-ethyl adjacent to an activating group) is 2. The van der Waals surface area contributed by atoms with Crippen molar-refractivity contribution in [3.63, 3.8) is 0 Å². The van der Waals surface area contributed by atoms with E-state index in [-0.39, 0.29) is 6.04 Å². The lowest BCUT2D eigenvalue weighted by Gasteiger charge is -2.31. The Morgan fingerprint density at radius 2 is 2.05 bits per heavy atom. The monoisotopic (exact) mass is 283 g/mol. The number of rotatable bonds is 7. The molecule has 0 aromatic carbocycles. The normalized spacial score (nSPS) is 24.7. The predicted molar refractivity (Wildman–Crippen MR) is 84.6 cm³/mol. The Kier molecular flexibility index (Phi) is 7.52. The summed E-state index contributed by atoms with van der Waals surface area (Å²) in [6, 6.07) is 0.648. The Labute approximate surface area is 124 Å². The van der Waals surface area contributed by atoms with Crippen molar-refractivity contribution < 1.29 is 4.79 Å². The van der Waals surface area contributed by atoms with Crippen LogP contribution in [0.1, 0.15) is 52.4 Å². The van der Waals surface area contributed by atoms with Crippen LogP contribution in [-0.4, -0.2) is 55.0 Å². The molecule has 3 atom stereocenters. The molecule has 1 aliphatic rings. The van der Waals surface area contributed by atoms with E-state index >= 15 is 0 Å². The Hall–Kier alpha value is -0.610. The van der Waals surface area contributed by atoms with Gasteiger partial charge >= 0.3 is 0 Å². The molecule has 2 N–H and O–H groups in total. The number of nitrogens with zero attached hydrogens (tertiary/aromatic N) is 2. The van der Waals surface area contributed by atoms with Crippen LogP contribution in [0.4, 0.5) is 0 Å². The van der Waals surface area contributed by atoms with E-state index in [4.69, 9.17) is 5.73 Å². The lowest BCUT2D eigenvalue weighted by Crippen LogP contribution is -2.43. The van der Waals surface area contributed by atoms with E-state index in [0.717, 1.165) is 32.4 Å². The lowest BCUT2D eigenvalue weighted by molar-refractivity contribution is -0.133. The van der Waals surface area contributed by atoms with Gasteiger partial charge in [-0.1, -0.05) is 12.8 Å².